The third-order valence-corrected chi connectivity index (χ3v) is 4.18. The first-order valence-electron chi connectivity index (χ1n) is 6.27. The second-order valence-corrected chi connectivity index (χ2v) is 5.68. The standard InChI is InChI=1S/C16H13BrN2/c1-11-8-13-4-2-3-5-15(13)19(11)16-7-6-12(10-18)9-14(16)17/h2-7,9,11H,8H2,1H3. The van der Waals surface area contributed by atoms with Crippen molar-refractivity contribution in [2.24, 2.45) is 0 Å². The molecule has 0 spiro atoms. The summed E-state index contributed by atoms with van der Waals surface area (Å²) in [7, 11) is 0. The maximum Gasteiger partial charge on any atom is 0.0992 e. The van der Waals surface area contributed by atoms with Crippen LogP contribution >= 0.6 is 15.9 Å². The minimum absolute atomic E-state index is 0.432. The Labute approximate surface area is 121 Å². The lowest BCUT2D eigenvalue weighted by Crippen LogP contribution is -2.24. The molecule has 1 unspecified atom stereocenters. The molecule has 1 aliphatic heterocycles. The van der Waals surface area contributed by atoms with Crippen molar-refractivity contribution < 1.29 is 0 Å². The van der Waals surface area contributed by atoms with E-state index in [1.165, 1.54) is 11.3 Å². The highest BCUT2D eigenvalue weighted by molar-refractivity contribution is 9.10. The normalized spacial score (nSPS) is 17.1. The molecule has 94 valence electrons. The van der Waals surface area contributed by atoms with Crippen molar-refractivity contribution in [3.05, 3.63) is 58.1 Å². The summed E-state index contributed by atoms with van der Waals surface area (Å²) < 4.78 is 0.968. The number of hydrogen-bond donors (Lipinski definition) is 0. The minimum Gasteiger partial charge on any atom is -0.337 e. The fourth-order valence-electron chi connectivity index (χ4n) is 2.70. The second kappa shape index (κ2) is 4.71. The SMILES string of the molecule is CC1Cc2ccccc2N1c1ccc(C#N)cc1Br. The number of hydrogen-bond acceptors (Lipinski definition) is 2. The van der Waals surface area contributed by atoms with Gasteiger partial charge in [0.05, 0.1) is 17.3 Å². The molecule has 0 aliphatic carbocycles. The number of nitrogens with zero attached hydrogens (tertiary/aromatic N) is 2. The van der Waals surface area contributed by atoms with Crippen LogP contribution in [-0.4, -0.2) is 6.04 Å². The zero-order valence-corrected chi connectivity index (χ0v) is 12.2. The van der Waals surface area contributed by atoms with Gasteiger partial charge in [0.15, 0.2) is 0 Å². The predicted molar refractivity (Wildman–Crippen MR) is 80.6 cm³/mol. The van der Waals surface area contributed by atoms with Crippen molar-refractivity contribution in [2.75, 3.05) is 4.90 Å². The van der Waals surface area contributed by atoms with Gasteiger partial charge in [-0.2, -0.15) is 5.26 Å². The molecule has 1 heterocycles. The Morgan fingerprint density at radius 2 is 2.00 bits per heavy atom. The highest BCUT2D eigenvalue weighted by Crippen LogP contribution is 2.41. The van der Waals surface area contributed by atoms with Crippen LogP contribution in [0.1, 0.15) is 18.1 Å². The molecule has 1 atom stereocenters. The first kappa shape index (κ1) is 12.3. The van der Waals surface area contributed by atoms with Gasteiger partial charge in [-0.05, 0) is 59.1 Å². The zero-order valence-electron chi connectivity index (χ0n) is 10.6. The number of rotatable bonds is 1. The van der Waals surface area contributed by atoms with Crippen molar-refractivity contribution in [2.45, 2.75) is 19.4 Å². The van der Waals surface area contributed by atoms with Crippen LogP contribution in [0, 0.1) is 11.3 Å². The van der Waals surface area contributed by atoms with E-state index in [2.05, 4.69) is 58.1 Å². The lowest BCUT2D eigenvalue weighted by molar-refractivity contribution is 0.758. The van der Waals surface area contributed by atoms with Gasteiger partial charge >= 0.3 is 0 Å². The van der Waals surface area contributed by atoms with Gasteiger partial charge in [0.2, 0.25) is 0 Å². The molecule has 3 rings (SSSR count). The van der Waals surface area contributed by atoms with E-state index in [9.17, 15) is 0 Å². The summed E-state index contributed by atoms with van der Waals surface area (Å²) in [5.41, 5.74) is 4.44. The Hall–Kier alpha value is -1.79. The van der Waals surface area contributed by atoms with Crippen molar-refractivity contribution in [1.29, 1.82) is 5.26 Å². The Kier molecular flexibility index (Phi) is 3.04. The Morgan fingerprint density at radius 1 is 1.21 bits per heavy atom. The smallest absolute Gasteiger partial charge is 0.0992 e. The van der Waals surface area contributed by atoms with Crippen molar-refractivity contribution in [3.63, 3.8) is 0 Å². The number of para-hydroxylation sites is 1. The van der Waals surface area contributed by atoms with Crippen LogP contribution in [0.2, 0.25) is 0 Å². The molecule has 2 nitrogen and oxygen atoms in total. The molecule has 0 amide bonds. The van der Waals surface area contributed by atoms with E-state index in [1.807, 2.05) is 18.2 Å². The molecule has 0 radical (unpaired) electrons. The van der Waals surface area contributed by atoms with Crippen molar-refractivity contribution >= 4 is 27.3 Å². The van der Waals surface area contributed by atoms with E-state index in [4.69, 9.17) is 5.26 Å². The summed E-state index contributed by atoms with van der Waals surface area (Å²) in [6.45, 7) is 2.23. The van der Waals surface area contributed by atoms with Crippen LogP contribution in [0.3, 0.4) is 0 Å². The highest BCUT2D eigenvalue weighted by Gasteiger charge is 2.27. The molecule has 19 heavy (non-hydrogen) atoms. The fourth-order valence-corrected chi connectivity index (χ4v) is 3.27. The maximum absolute atomic E-state index is 8.94. The maximum atomic E-state index is 8.94. The minimum atomic E-state index is 0.432. The molecule has 2 aromatic rings. The van der Waals surface area contributed by atoms with Crippen LogP contribution in [0.25, 0.3) is 0 Å². The van der Waals surface area contributed by atoms with Crippen molar-refractivity contribution in [3.8, 4) is 6.07 Å². The zero-order chi connectivity index (χ0) is 13.4. The van der Waals surface area contributed by atoms with Gasteiger partial charge < -0.3 is 4.90 Å². The molecule has 3 heteroatoms. The molecule has 0 N–H and O–H groups in total. The summed E-state index contributed by atoms with van der Waals surface area (Å²) >= 11 is 3.58. The second-order valence-electron chi connectivity index (χ2n) is 4.83. The van der Waals surface area contributed by atoms with Crippen LogP contribution in [0.5, 0.6) is 0 Å². The summed E-state index contributed by atoms with van der Waals surface area (Å²) in [5, 5.41) is 8.94. The molecule has 0 aromatic heterocycles. The lowest BCUT2D eigenvalue weighted by Gasteiger charge is -2.26. The van der Waals surface area contributed by atoms with E-state index in [0.29, 0.717) is 11.6 Å². The van der Waals surface area contributed by atoms with E-state index in [1.54, 1.807) is 0 Å². The third-order valence-electron chi connectivity index (χ3n) is 3.54. The Balaban J connectivity index is 2.10. The van der Waals surface area contributed by atoms with Crippen LogP contribution in [0.4, 0.5) is 11.4 Å². The average molecular weight is 313 g/mol. The lowest BCUT2D eigenvalue weighted by atomic mass is 10.1. The monoisotopic (exact) mass is 312 g/mol. The van der Waals surface area contributed by atoms with Crippen LogP contribution in [0.15, 0.2) is 46.9 Å². The highest BCUT2D eigenvalue weighted by atomic mass is 79.9. The first-order chi connectivity index (χ1) is 9.20. The van der Waals surface area contributed by atoms with Gasteiger partial charge in [-0.1, -0.05) is 18.2 Å². The molecule has 0 fully saturated rings. The van der Waals surface area contributed by atoms with Gasteiger partial charge in [-0.25, -0.2) is 0 Å². The van der Waals surface area contributed by atoms with Gasteiger partial charge in [0, 0.05) is 16.2 Å². The van der Waals surface area contributed by atoms with Gasteiger partial charge in [-0.15, -0.1) is 0 Å². The summed E-state index contributed by atoms with van der Waals surface area (Å²) in [6, 6.07) is 16.9. The summed E-state index contributed by atoms with van der Waals surface area (Å²) in [6.07, 6.45) is 1.06. The summed E-state index contributed by atoms with van der Waals surface area (Å²) in [5.74, 6) is 0. The average Bonchev–Trinajstić information content (AvgIpc) is 2.75. The Morgan fingerprint density at radius 3 is 2.74 bits per heavy atom. The quantitative estimate of drug-likeness (QED) is 0.780. The largest absolute Gasteiger partial charge is 0.337 e. The van der Waals surface area contributed by atoms with E-state index >= 15 is 0 Å². The molecule has 0 bridgehead atoms. The van der Waals surface area contributed by atoms with Crippen LogP contribution in [-0.2, 0) is 6.42 Å². The predicted octanol–water partition coefficient (Wildman–Crippen LogP) is 4.40. The van der Waals surface area contributed by atoms with Gasteiger partial charge in [0.25, 0.3) is 0 Å². The third kappa shape index (κ3) is 2.02. The molecule has 0 saturated heterocycles. The molecule has 1 aliphatic rings. The Bertz CT molecular complexity index is 673. The first-order valence-corrected chi connectivity index (χ1v) is 7.07. The fraction of sp³-hybridized carbons (Fsp3) is 0.188. The number of fused-ring (bicyclic) bond motifs is 1. The van der Waals surface area contributed by atoms with Gasteiger partial charge in [0.1, 0.15) is 0 Å². The van der Waals surface area contributed by atoms with E-state index in [0.717, 1.165) is 16.6 Å². The topological polar surface area (TPSA) is 27.0 Å². The number of nitriles is 1. The molecule has 2 aromatic carbocycles. The van der Waals surface area contributed by atoms with Crippen LogP contribution < -0.4 is 4.90 Å². The molecular weight excluding hydrogens is 300 g/mol. The number of benzene rings is 2. The van der Waals surface area contributed by atoms with Gasteiger partial charge in [-0.3, -0.25) is 0 Å². The number of anilines is 2. The number of halogens is 1. The van der Waals surface area contributed by atoms with E-state index in [-0.39, 0.29) is 0 Å². The summed E-state index contributed by atoms with van der Waals surface area (Å²) in [4.78, 5) is 2.33. The van der Waals surface area contributed by atoms with E-state index < -0.39 is 0 Å². The van der Waals surface area contributed by atoms with Crippen molar-refractivity contribution in [1.82, 2.24) is 0 Å². The molecular formula is C16H13BrN2. The molecule has 0 saturated carbocycles.